The van der Waals surface area contributed by atoms with Crippen molar-refractivity contribution in [3.63, 3.8) is 0 Å². The molecule has 1 aliphatic carbocycles. The van der Waals surface area contributed by atoms with Crippen LogP contribution in [-0.2, 0) is 9.59 Å². The predicted octanol–water partition coefficient (Wildman–Crippen LogP) is 2.28. The molecule has 0 radical (unpaired) electrons. The second-order valence-corrected chi connectivity index (χ2v) is 5.81. The number of rotatable bonds is 4. The Balaban J connectivity index is 2.01. The number of hydrogen-bond donors (Lipinski definition) is 1. The lowest BCUT2D eigenvalue weighted by atomic mass is 9.65. The second-order valence-electron chi connectivity index (χ2n) is 5.81. The number of piperidine rings is 1. The predicted molar refractivity (Wildman–Crippen MR) is 68.1 cm³/mol. The minimum absolute atomic E-state index is 0.144. The van der Waals surface area contributed by atoms with Gasteiger partial charge in [-0.25, -0.2) is 0 Å². The van der Waals surface area contributed by atoms with Crippen molar-refractivity contribution in [2.75, 3.05) is 13.1 Å². The molecule has 1 heterocycles. The van der Waals surface area contributed by atoms with E-state index in [-0.39, 0.29) is 17.2 Å². The highest BCUT2D eigenvalue weighted by Gasteiger charge is 2.46. The van der Waals surface area contributed by atoms with Crippen molar-refractivity contribution < 1.29 is 14.7 Å². The number of nitrogens with zero attached hydrogens (tertiary/aromatic N) is 1. The highest BCUT2D eigenvalue weighted by Crippen LogP contribution is 2.46. The van der Waals surface area contributed by atoms with E-state index in [0.29, 0.717) is 13.0 Å². The zero-order valence-corrected chi connectivity index (χ0v) is 11.2. The summed E-state index contributed by atoms with van der Waals surface area (Å²) in [5.74, 6) is -0.895. The first kappa shape index (κ1) is 13.4. The molecule has 1 aliphatic heterocycles. The molecule has 1 saturated carbocycles. The van der Waals surface area contributed by atoms with Gasteiger partial charge in [0.15, 0.2) is 0 Å². The molecule has 2 fully saturated rings. The molecule has 0 aromatic heterocycles. The summed E-state index contributed by atoms with van der Waals surface area (Å²) >= 11 is 0. The average molecular weight is 253 g/mol. The first-order valence-electron chi connectivity index (χ1n) is 7.11. The number of carboxylic acids is 1. The van der Waals surface area contributed by atoms with Gasteiger partial charge in [0.2, 0.25) is 5.91 Å². The number of carboxylic acid groups (broad SMARTS) is 1. The van der Waals surface area contributed by atoms with Crippen LogP contribution in [0.3, 0.4) is 0 Å². The van der Waals surface area contributed by atoms with E-state index in [1.807, 2.05) is 4.90 Å². The van der Waals surface area contributed by atoms with Crippen LogP contribution in [-0.4, -0.2) is 35.0 Å². The fraction of sp³-hybridized carbons (Fsp3) is 0.857. The van der Waals surface area contributed by atoms with Crippen molar-refractivity contribution in [3.05, 3.63) is 0 Å². The third kappa shape index (κ3) is 2.38. The Morgan fingerprint density at radius 1 is 1.33 bits per heavy atom. The van der Waals surface area contributed by atoms with E-state index in [2.05, 4.69) is 6.92 Å². The number of likely N-dealkylation sites (tertiary alicyclic amines) is 1. The molecule has 4 heteroatoms. The van der Waals surface area contributed by atoms with Gasteiger partial charge in [-0.3, -0.25) is 9.59 Å². The SMILES string of the molecule is CCCC1(C(=O)N2CCCC(C(=O)O)C2)CCC1. The molecule has 2 aliphatic rings. The van der Waals surface area contributed by atoms with Crippen molar-refractivity contribution in [2.24, 2.45) is 11.3 Å². The molecule has 1 unspecified atom stereocenters. The number of carbonyl (C=O) groups excluding carboxylic acids is 1. The van der Waals surface area contributed by atoms with E-state index in [1.165, 1.54) is 0 Å². The van der Waals surface area contributed by atoms with E-state index >= 15 is 0 Å². The van der Waals surface area contributed by atoms with Gasteiger partial charge < -0.3 is 10.0 Å². The number of carbonyl (C=O) groups is 2. The van der Waals surface area contributed by atoms with Crippen LogP contribution in [0, 0.1) is 11.3 Å². The van der Waals surface area contributed by atoms with Gasteiger partial charge >= 0.3 is 5.97 Å². The van der Waals surface area contributed by atoms with E-state index in [9.17, 15) is 9.59 Å². The summed E-state index contributed by atoms with van der Waals surface area (Å²) < 4.78 is 0. The lowest BCUT2D eigenvalue weighted by molar-refractivity contribution is -0.153. The quantitative estimate of drug-likeness (QED) is 0.836. The normalized spacial score (nSPS) is 26.5. The minimum Gasteiger partial charge on any atom is -0.481 e. The highest BCUT2D eigenvalue weighted by molar-refractivity contribution is 5.84. The van der Waals surface area contributed by atoms with Gasteiger partial charge in [0, 0.05) is 18.5 Å². The minimum atomic E-state index is -0.759. The molecule has 1 N–H and O–H groups in total. The third-order valence-corrected chi connectivity index (χ3v) is 4.55. The molecular formula is C14H23NO3. The maximum absolute atomic E-state index is 12.6. The smallest absolute Gasteiger partial charge is 0.308 e. The van der Waals surface area contributed by atoms with Crippen molar-refractivity contribution in [3.8, 4) is 0 Å². The van der Waals surface area contributed by atoms with Crippen molar-refractivity contribution in [2.45, 2.75) is 51.9 Å². The van der Waals surface area contributed by atoms with E-state index < -0.39 is 5.97 Å². The van der Waals surface area contributed by atoms with Crippen LogP contribution in [0.5, 0.6) is 0 Å². The second kappa shape index (κ2) is 5.29. The van der Waals surface area contributed by atoms with Crippen LogP contribution in [0.2, 0.25) is 0 Å². The van der Waals surface area contributed by atoms with Gasteiger partial charge in [-0.1, -0.05) is 19.8 Å². The Morgan fingerprint density at radius 2 is 2.06 bits per heavy atom. The Hall–Kier alpha value is -1.06. The van der Waals surface area contributed by atoms with Crippen molar-refractivity contribution in [1.29, 1.82) is 0 Å². The van der Waals surface area contributed by atoms with Gasteiger partial charge in [0.25, 0.3) is 0 Å². The standard InChI is InChI=1S/C14H23NO3/c1-2-6-14(7-4-8-14)13(18)15-9-3-5-11(10-15)12(16)17/h11H,2-10H2,1H3,(H,16,17). The molecule has 102 valence electrons. The summed E-state index contributed by atoms with van der Waals surface area (Å²) in [7, 11) is 0. The molecule has 4 nitrogen and oxygen atoms in total. The molecule has 18 heavy (non-hydrogen) atoms. The van der Waals surface area contributed by atoms with Gasteiger partial charge in [-0.2, -0.15) is 0 Å². The molecule has 1 saturated heterocycles. The van der Waals surface area contributed by atoms with Crippen LogP contribution in [0.1, 0.15) is 51.9 Å². The Bertz CT molecular complexity index is 336. The number of amides is 1. The Kier molecular flexibility index (Phi) is 3.93. The fourth-order valence-corrected chi connectivity index (χ4v) is 3.35. The van der Waals surface area contributed by atoms with Crippen molar-refractivity contribution in [1.82, 2.24) is 4.90 Å². The van der Waals surface area contributed by atoms with E-state index in [1.54, 1.807) is 0 Å². The average Bonchev–Trinajstić information content (AvgIpc) is 2.33. The van der Waals surface area contributed by atoms with Crippen molar-refractivity contribution >= 4 is 11.9 Å². The summed E-state index contributed by atoms with van der Waals surface area (Å²) in [5.41, 5.74) is -0.144. The highest BCUT2D eigenvalue weighted by atomic mass is 16.4. The lowest BCUT2D eigenvalue weighted by Crippen LogP contribution is -2.51. The molecule has 0 bridgehead atoms. The van der Waals surface area contributed by atoms with E-state index in [0.717, 1.165) is 45.1 Å². The molecular weight excluding hydrogens is 230 g/mol. The monoisotopic (exact) mass is 253 g/mol. The summed E-state index contributed by atoms with van der Waals surface area (Å²) in [4.78, 5) is 25.5. The first-order valence-corrected chi connectivity index (χ1v) is 7.11. The first-order chi connectivity index (χ1) is 8.59. The third-order valence-electron chi connectivity index (χ3n) is 4.55. The summed E-state index contributed by atoms with van der Waals surface area (Å²) in [6.45, 7) is 3.28. The van der Waals surface area contributed by atoms with E-state index in [4.69, 9.17) is 5.11 Å². The van der Waals surface area contributed by atoms with Crippen LogP contribution in [0.25, 0.3) is 0 Å². The molecule has 1 amide bonds. The summed E-state index contributed by atoms with van der Waals surface area (Å²) in [6.07, 6.45) is 6.65. The number of aliphatic carboxylic acids is 1. The van der Waals surface area contributed by atoms with Gasteiger partial charge in [0.05, 0.1) is 5.92 Å². The Morgan fingerprint density at radius 3 is 2.56 bits per heavy atom. The maximum atomic E-state index is 12.6. The van der Waals surface area contributed by atoms with Crippen LogP contribution < -0.4 is 0 Å². The molecule has 0 spiro atoms. The zero-order chi connectivity index (χ0) is 13.2. The zero-order valence-electron chi connectivity index (χ0n) is 11.2. The molecule has 0 aromatic carbocycles. The summed E-state index contributed by atoms with van der Waals surface area (Å²) in [6, 6.07) is 0. The lowest BCUT2D eigenvalue weighted by Gasteiger charge is -2.45. The summed E-state index contributed by atoms with van der Waals surface area (Å²) in [5, 5.41) is 9.08. The van der Waals surface area contributed by atoms with Gasteiger partial charge in [0.1, 0.15) is 0 Å². The number of hydrogen-bond acceptors (Lipinski definition) is 2. The largest absolute Gasteiger partial charge is 0.481 e. The van der Waals surface area contributed by atoms with Crippen LogP contribution in [0.15, 0.2) is 0 Å². The molecule has 0 aromatic rings. The Labute approximate surface area is 108 Å². The van der Waals surface area contributed by atoms with Gasteiger partial charge in [-0.05, 0) is 32.1 Å². The van der Waals surface area contributed by atoms with Crippen LogP contribution in [0.4, 0.5) is 0 Å². The van der Waals surface area contributed by atoms with Gasteiger partial charge in [-0.15, -0.1) is 0 Å². The maximum Gasteiger partial charge on any atom is 0.308 e. The fourth-order valence-electron chi connectivity index (χ4n) is 3.35. The van der Waals surface area contributed by atoms with Crippen LogP contribution >= 0.6 is 0 Å². The molecule has 2 rings (SSSR count). The topological polar surface area (TPSA) is 57.6 Å². The molecule has 1 atom stereocenters.